The second kappa shape index (κ2) is 8.61. The van der Waals surface area contributed by atoms with Crippen LogP contribution >= 0.6 is 0 Å². The molecule has 0 aliphatic carbocycles. The zero-order valence-corrected chi connectivity index (χ0v) is 17.0. The number of ketones is 2. The molecule has 6 nitrogen and oxygen atoms in total. The van der Waals surface area contributed by atoms with Crippen LogP contribution < -0.4 is 10.2 Å². The molecule has 1 fully saturated rings. The van der Waals surface area contributed by atoms with Crippen molar-refractivity contribution >= 4 is 17.4 Å². The Balaban J connectivity index is 1.95. The van der Waals surface area contributed by atoms with Crippen molar-refractivity contribution in [1.82, 2.24) is 15.3 Å². The summed E-state index contributed by atoms with van der Waals surface area (Å²) in [6.45, 7) is 10.2. The summed E-state index contributed by atoms with van der Waals surface area (Å²) in [6.07, 6.45) is 2.74. The lowest BCUT2D eigenvalue weighted by Gasteiger charge is -2.35. The van der Waals surface area contributed by atoms with E-state index >= 15 is 0 Å². The van der Waals surface area contributed by atoms with Crippen LogP contribution in [0, 0.1) is 12.8 Å². The normalized spacial score (nSPS) is 17.0. The molecular weight excluding hydrogens is 352 g/mol. The molecule has 1 atom stereocenters. The fourth-order valence-electron chi connectivity index (χ4n) is 3.69. The molecule has 1 saturated heterocycles. The molecule has 1 N–H and O–H groups in total. The third-order valence-electron chi connectivity index (χ3n) is 5.06. The molecule has 0 saturated carbocycles. The van der Waals surface area contributed by atoms with Gasteiger partial charge in [0.1, 0.15) is 11.5 Å². The predicted molar refractivity (Wildman–Crippen MR) is 110 cm³/mol. The largest absolute Gasteiger partial charge is 0.354 e. The Labute approximate surface area is 166 Å². The quantitative estimate of drug-likeness (QED) is 0.777. The molecule has 0 radical (unpaired) electrons. The smallest absolute Gasteiger partial charge is 0.214 e. The Morgan fingerprint density at radius 1 is 1.25 bits per heavy atom. The number of hydrogen-bond donors (Lipinski definition) is 1. The van der Waals surface area contributed by atoms with Crippen molar-refractivity contribution in [3.63, 3.8) is 0 Å². The summed E-state index contributed by atoms with van der Waals surface area (Å²) in [5, 5.41) is 3.55. The Bertz CT molecular complexity index is 879. The van der Waals surface area contributed by atoms with Gasteiger partial charge in [-0.1, -0.05) is 13.8 Å². The van der Waals surface area contributed by atoms with Crippen LogP contribution in [0.3, 0.4) is 0 Å². The topological polar surface area (TPSA) is 75.2 Å². The van der Waals surface area contributed by atoms with Crippen LogP contribution in [0.5, 0.6) is 0 Å². The van der Waals surface area contributed by atoms with Crippen molar-refractivity contribution in [2.45, 2.75) is 40.2 Å². The Hall–Kier alpha value is -2.60. The number of aryl methyl sites for hydroxylation is 1. The maximum atomic E-state index is 13.2. The van der Waals surface area contributed by atoms with Crippen molar-refractivity contribution in [2.24, 2.45) is 5.92 Å². The van der Waals surface area contributed by atoms with Gasteiger partial charge in [0.25, 0.3) is 0 Å². The lowest BCUT2D eigenvalue weighted by Crippen LogP contribution is -2.51. The lowest BCUT2D eigenvalue weighted by atomic mass is 10.00. The van der Waals surface area contributed by atoms with Gasteiger partial charge in [0.05, 0.1) is 0 Å². The number of aromatic nitrogens is 2. The van der Waals surface area contributed by atoms with Crippen molar-refractivity contribution in [2.75, 3.05) is 24.5 Å². The summed E-state index contributed by atoms with van der Waals surface area (Å²) in [5.74, 6) is 0.926. The number of nitrogens with one attached hydrogen (secondary N) is 1. The van der Waals surface area contributed by atoms with Gasteiger partial charge in [0.15, 0.2) is 5.78 Å². The fourth-order valence-corrected chi connectivity index (χ4v) is 3.69. The van der Waals surface area contributed by atoms with E-state index in [0.717, 1.165) is 31.9 Å². The summed E-state index contributed by atoms with van der Waals surface area (Å²) >= 11 is 0. The average Bonchev–Trinajstić information content (AvgIpc) is 2.67. The minimum atomic E-state index is -0.258. The van der Waals surface area contributed by atoms with E-state index in [2.05, 4.69) is 34.0 Å². The highest BCUT2D eigenvalue weighted by Crippen LogP contribution is 2.22. The molecule has 0 spiro atoms. The Morgan fingerprint density at radius 3 is 2.71 bits per heavy atom. The van der Waals surface area contributed by atoms with Gasteiger partial charge in [-0.3, -0.25) is 14.6 Å². The number of piperazine rings is 1. The van der Waals surface area contributed by atoms with E-state index in [9.17, 15) is 9.59 Å². The third-order valence-corrected chi connectivity index (χ3v) is 5.06. The van der Waals surface area contributed by atoms with Gasteiger partial charge >= 0.3 is 0 Å². The average molecular weight is 380 g/mol. The first-order valence-corrected chi connectivity index (χ1v) is 9.83. The number of nitrogens with zero attached hydrogens (tertiary/aromatic N) is 3. The zero-order valence-electron chi connectivity index (χ0n) is 17.0. The van der Waals surface area contributed by atoms with Crippen molar-refractivity contribution < 1.29 is 9.59 Å². The minimum absolute atomic E-state index is 0.165. The van der Waals surface area contributed by atoms with Crippen LogP contribution in [-0.2, 0) is 0 Å². The van der Waals surface area contributed by atoms with E-state index in [4.69, 9.17) is 0 Å². The fraction of sp³-hybridized carbons (Fsp3) is 0.455. The van der Waals surface area contributed by atoms with E-state index in [0.29, 0.717) is 28.8 Å². The minimum Gasteiger partial charge on any atom is -0.354 e. The molecule has 0 aromatic carbocycles. The van der Waals surface area contributed by atoms with Crippen LogP contribution in [0.2, 0.25) is 0 Å². The molecule has 0 bridgehead atoms. The number of anilines is 1. The maximum absolute atomic E-state index is 13.2. The zero-order chi connectivity index (χ0) is 20.3. The van der Waals surface area contributed by atoms with Gasteiger partial charge in [-0.05, 0) is 50.5 Å². The highest BCUT2D eigenvalue weighted by atomic mass is 16.1. The SMILES string of the molecule is CC(=O)c1ccc(N2CCN[C@@H](CC(C)C)C2)nc1C(=O)c1cccnc1C. The molecule has 1 aliphatic rings. The summed E-state index contributed by atoms with van der Waals surface area (Å²) in [4.78, 5) is 36.3. The number of Topliss-reactive ketones (excluding diaryl/α,β-unsaturated/α-hetero) is 1. The summed E-state index contributed by atoms with van der Waals surface area (Å²) in [7, 11) is 0. The molecule has 2 aromatic heterocycles. The maximum Gasteiger partial charge on any atom is 0.214 e. The monoisotopic (exact) mass is 380 g/mol. The number of rotatable bonds is 6. The van der Waals surface area contributed by atoms with Gasteiger partial charge in [-0.2, -0.15) is 0 Å². The number of carbonyl (C=O) groups excluding carboxylic acids is 2. The van der Waals surface area contributed by atoms with E-state index in [1.165, 1.54) is 6.92 Å². The number of hydrogen-bond acceptors (Lipinski definition) is 6. The molecule has 1 aliphatic heterocycles. The van der Waals surface area contributed by atoms with Crippen LogP contribution in [0.4, 0.5) is 5.82 Å². The second-order valence-corrected chi connectivity index (χ2v) is 7.81. The van der Waals surface area contributed by atoms with Crippen molar-refractivity contribution in [1.29, 1.82) is 0 Å². The van der Waals surface area contributed by atoms with Crippen LogP contribution in [0.1, 0.15) is 59.3 Å². The number of carbonyl (C=O) groups is 2. The van der Waals surface area contributed by atoms with Gasteiger partial charge in [0.2, 0.25) is 5.78 Å². The molecule has 6 heteroatoms. The molecular formula is C22H28N4O2. The molecule has 3 heterocycles. The van der Waals surface area contributed by atoms with Crippen molar-refractivity contribution in [3.8, 4) is 0 Å². The van der Waals surface area contributed by atoms with E-state index < -0.39 is 0 Å². The van der Waals surface area contributed by atoms with E-state index in [-0.39, 0.29) is 17.3 Å². The Kier molecular flexibility index (Phi) is 6.19. The molecule has 3 rings (SSSR count). The van der Waals surface area contributed by atoms with Crippen LogP contribution in [0.15, 0.2) is 30.5 Å². The third kappa shape index (κ3) is 4.44. The van der Waals surface area contributed by atoms with E-state index in [1.54, 1.807) is 31.3 Å². The predicted octanol–water partition coefficient (Wildman–Crippen LogP) is 3.04. The second-order valence-electron chi connectivity index (χ2n) is 7.81. The highest BCUT2D eigenvalue weighted by Gasteiger charge is 2.25. The summed E-state index contributed by atoms with van der Waals surface area (Å²) in [6, 6.07) is 7.42. The first kappa shape index (κ1) is 20.1. The Morgan fingerprint density at radius 2 is 2.04 bits per heavy atom. The molecule has 0 unspecified atom stereocenters. The summed E-state index contributed by atoms with van der Waals surface area (Å²) in [5.41, 5.74) is 1.67. The van der Waals surface area contributed by atoms with Crippen molar-refractivity contribution in [3.05, 3.63) is 53.0 Å². The molecule has 28 heavy (non-hydrogen) atoms. The standard InChI is InChI=1S/C22H28N4O2/c1-14(2)12-17-13-26(11-10-24-17)20-8-7-19(16(4)27)21(25-20)22(28)18-6-5-9-23-15(18)3/h5-9,14,17,24H,10-13H2,1-4H3/t17-/m0/s1. The first-order chi connectivity index (χ1) is 13.4. The van der Waals surface area contributed by atoms with Gasteiger partial charge in [-0.25, -0.2) is 4.98 Å². The molecule has 2 aromatic rings. The molecule has 148 valence electrons. The van der Waals surface area contributed by atoms with Gasteiger partial charge in [-0.15, -0.1) is 0 Å². The highest BCUT2D eigenvalue weighted by molar-refractivity contribution is 6.14. The molecule has 0 amide bonds. The van der Waals surface area contributed by atoms with Crippen LogP contribution in [0.25, 0.3) is 0 Å². The lowest BCUT2D eigenvalue weighted by molar-refractivity contribution is 0.0987. The van der Waals surface area contributed by atoms with Gasteiger partial charge in [0, 0.05) is 48.7 Å². The van der Waals surface area contributed by atoms with E-state index in [1.807, 2.05) is 6.07 Å². The number of pyridine rings is 2. The van der Waals surface area contributed by atoms with Gasteiger partial charge < -0.3 is 10.2 Å². The first-order valence-electron chi connectivity index (χ1n) is 9.83. The summed E-state index contributed by atoms with van der Waals surface area (Å²) < 4.78 is 0. The van der Waals surface area contributed by atoms with Crippen LogP contribution in [-0.4, -0.2) is 47.2 Å².